The maximum atomic E-state index is 4.65. The third-order valence-electron chi connectivity index (χ3n) is 3.25. The highest BCUT2D eigenvalue weighted by Crippen LogP contribution is 2.30. The lowest BCUT2D eigenvalue weighted by molar-refractivity contribution is 1.13. The van der Waals surface area contributed by atoms with Crippen LogP contribution in [0.4, 0.5) is 11.6 Å². The summed E-state index contributed by atoms with van der Waals surface area (Å²) >= 11 is 1.59. The van der Waals surface area contributed by atoms with E-state index >= 15 is 0 Å². The van der Waals surface area contributed by atoms with Gasteiger partial charge < -0.3 is 5.32 Å². The van der Waals surface area contributed by atoms with Crippen LogP contribution in [0.5, 0.6) is 0 Å². The minimum absolute atomic E-state index is 0.594. The van der Waals surface area contributed by atoms with Crippen LogP contribution < -0.4 is 5.32 Å². The van der Waals surface area contributed by atoms with Crippen molar-refractivity contribution in [3.8, 4) is 11.5 Å². The van der Waals surface area contributed by atoms with Gasteiger partial charge in [-0.1, -0.05) is 6.07 Å². The first kappa shape index (κ1) is 13.7. The fourth-order valence-corrected chi connectivity index (χ4v) is 2.99. The molecule has 7 heteroatoms. The molecule has 4 rings (SSSR count). The first-order valence-corrected chi connectivity index (χ1v) is 7.90. The molecule has 0 amide bonds. The molecule has 23 heavy (non-hydrogen) atoms. The van der Waals surface area contributed by atoms with Crippen LogP contribution in [0.3, 0.4) is 0 Å². The van der Waals surface area contributed by atoms with Gasteiger partial charge in [-0.05, 0) is 36.6 Å². The van der Waals surface area contributed by atoms with E-state index in [9.17, 15) is 0 Å². The van der Waals surface area contributed by atoms with Crippen LogP contribution in [0, 0.1) is 6.92 Å². The lowest BCUT2D eigenvalue weighted by atomic mass is 10.3. The molecule has 4 aromatic heterocycles. The minimum atomic E-state index is 0.594. The van der Waals surface area contributed by atoms with Crippen molar-refractivity contribution < 1.29 is 0 Å². The van der Waals surface area contributed by atoms with E-state index in [0.29, 0.717) is 11.6 Å². The van der Waals surface area contributed by atoms with Crippen LogP contribution in [-0.4, -0.2) is 24.9 Å². The van der Waals surface area contributed by atoms with Gasteiger partial charge in [-0.25, -0.2) is 24.9 Å². The number of aryl methyl sites for hydroxylation is 1. The van der Waals surface area contributed by atoms with Crippen LogP contribution in [-0.2, 0) is 0 Å². The Morgan fingerprint density at radius 1 is 1.04 bits per heavy atom. The van der Waals surface area contributed by atoms with Gasteiger partial charge in [-0.2, -0.15) is 0 Å². The molecule has 0 aliphatic carbocycles. The molecule has 0 fully saturated rings. The van der Waals surface area contributed by atoms with Gasteiger partial charge in [-0.15, -0.1) is 11.3 Å². The van der Waals surface area contributed by atoms with Gasteiger partial charge in [0.15, 0.2) is 11.6 Å². The zero-order chi connectivity index (χ0) is 15.6. The van der Waals surface area contributed by atoms with Gasteiger partial charge in [0, 0.05) is 11.9 Å². The molecule has 0 aromatic carbocycles. The zero-order valence-electron chi connectivity index (χ0n) is 12.3. The Bertz CT molecular complexity index is 967. The quantitative estimate of drug-likeness (QED) is 0.621. The molecule has 4 aromatic rings. The summed E-state index contributed by atoms with van der Waals surface area (Å²) in [5, 5.41) is 5.24. The van der Waals surface area contributed by atoms with Crippen LogP contribution in [0.25, 0.3) is 21.7 Å². The number of aromatic nitrogens is 5. The highest BCUT2D eigenvalue weighted by Gasteiger charge is 2.12. The molecular weight excluding hydrogens is 308 g/mol. The second kappa shape index (κ2) is 5.69. The highest BCUT2D eigenvalue weighted by atomic mass is 32.1. The first-order chi connectivity index (χ1) is 11.3. The standard InChI is InChI=1S/C16H12N6S/c1-10-3-2-4-12(19-10)15-20-11-6-8-23-14(11)16(22-15)21-13-5-7-17-9-18-13/h2-9H,1H3,(H,17,18,20,21,22). The van der Waals surface area contributed by atoms with Crippen molar-refractivity contribution in [3.05, 3.63) is 53.9 Å². The van der Waals surface area contributed by atoms with Gasteiger partial charge in [0.25, 0.3) is 0 Å². The summed E-state index contributed by atoms with van der Waals surface area (Å²) in [5.74, 6) is 2.01. The lowest BCUT2D eigenvalue weighted by Crippen LogP contribution is -2.00. The smallest absolute Gasteiger partial charge is 0.180 e. The number of hydrogen-bond acceptors (Lipinski definition) is 7. The Morgan fingerprint density at radius 3 is 2.83 bits per heavy atom. The SMILES string of the molecule is Cc1cccc(-c2nc(Nc3ccncn3)c3sccc3n2)n1. The van der Waals surface area contributed by atoms with E-state index in [1.807, 2.05) is 36.6 Å². The molecule has 0 saturated carbocycles. The molecule has 0 spiro atoms. The maximum absolute atomic E-state index is 4.65. The molecule has 4 heterocycles. The monoisotopic (exact) mass is 320 g/mol. The summed E-state index contributed by atoms with van der Waals surface area (Å²) in [5.41, 5.74) is 2.57. The third-order valence-corrected chi connectivity index (χ3v) is 4.16. The van der Waals surface area contributed by atoms with Crippen molar-refractivity contribution in [2.75, 3.05) is 5.32 Å². The lowest BCUT2D eigenvalue weighted by Gasteiger charge is -2.08. The highest BCUT2D eigenvalue weighted by molar-refractivity contribution is 7.17. The van der Waals surface area contributed by atoms with E-state index in [4.69, 9.17) is 0 Å². The number of fused-ring (bicyclic) bond motifs is 1. The Kier molecular flexibility index (Phi) is 3.39. The van der Waals surface area contributed by atoms with E-state index in [1.165, 1.54) is 6.33 Å². The Labute approximate surface area is 136 Å². The van der Waals surface area contributed by atoms with Crippen molar-refractivity contribution in [2.45, 2.75) is 6.92 Å². The van der Waals surface area contributed by atoms with E-state index in [1.54, 1.807) is 23.6 Å². The third kappa shape index (κ3) is 2.74. The molecule has 0 bridgehead atoms. The molecule has 1 N–H and O–H groups in total. The van der Waals surface area contributed by atoms with E-state index in [-0.39, 0.29) is 0 Å². The van der Waals surface area contributed by atoms with Crippen LogP contribution >= 0.6 is 11.3 Å². The van der Waals surface area contributed by atoms with Gasteiger partial charge in [0.1, 0.15) is 17.8 Å². The average molecular weight is 320 g/mol. The molecule has 0 saturated heterocycles. The predicted molar refractivity (Wildman–Crippen MR) is 90.7 cm³/mol. The van der Waals surface area contributed by atoms with Crippen LogP contribution in [0.2, 0.25) is 0 Å². The Morgan fingerprint density at radius 2 is 2.00 bits per heavy atom. The number of pyridine rings is 1. The molecule has 6 nitrogen and oxygen atoms in total. The van der Waals surface area contributed by atoms with Crippen LogP contribution in [0.1, 0.15) is 5.69 Å². The van der Waals surface area contributed by atoms with E-state index in [2.05, 4.69) is 30.2 Å². The van der Waals surface area contributed by atoms with E-state index < -0.39 is 0 Å². The predicted octanol–water partition coefficient (Wildman–Crippen LogP) is 3.60. The molecule has 0 aliphatic rings. The Hall–Kier alpha value is -2.93. The fraction of sp³-hybridized carbons (Fsp3) is 0.0625. The number of anilines is 2. The van der Waals surface area contributed by atoms with Gasteiger partial charge in [-0.3, -0.25) is 0 Å². The Balaban J connectivity index is 1.84. The fourth-order valence-electron chi connectivity index (χ4n) is 2.22. The molecule has 112 valence electrons. The van der Waals surface area contributed by atoms with Crippen molar-refractivity contribution >= 4 is 33.2 Å². The molecule has 0 unspecified atom stereocenters. The summed E-state index contributed by atoms with van der Waals surface area (Å²) in [4.78, 5) is 21.9. The molecule has 0 radical (unpaired) electrons. The zero-order valence-corrected chi connectivity index (χ0v) is 13.1. The van der Waals surface area contributed by atoms with Crippen molar-refractivity contribution in [2.24, 2.45) is 0 Å². The summed E-state index contributed by atoms with van der Waals surface area (Å²) in [7, 11) is 0. The normalized spacial score (nSPS) is 10.8. The van der Waals surface area contributed by atoms with Gasteiger partial charge in [0.05, 0.1) is 10.2 Å². The molecule has 0 atom stereocenters. The average Bonchev–Trinajstić information content (AvgIpc) is 3.05. The second-order valence-electron chi connectivity index (χ2n) is 4.91. The second-order valence-corrected chi connectivity index (χ2v) is 5.83. The van der Waals surface area contributed by atoms with Crippen LogP contribution in [0.15, 0.2) is 48.2 Å². The summed E-state index contributed by atoms with van der Waals surface area (Å²) in [6.07, 6.45) is 3.18. The number of nitrogens with zero attached hydrogens (tertiary/aromatic N) is 5. The number of hydrogen-bond donors (Lipinski definition) is 1. The number of thiophene rings is 1. The van der Waals surface area contributed by atoms with Gasteiger partial charge >= 0.3 is 0 Å². The maximum Gasteiger partial charge on any atom is 0.180 e. The molecular formula is C16H12N6S. The van der Waals surface area contributed by atoms with Crippen molar-refractivity contribution in [1.29, 1.82) is 0 Å². The van der Waals surface area contributed by atoms with E-state index in [0.717, 1.165) is 27.4 Å². The van der Waals surface area contributed by atoms with Crippen molar-refractivity contribution in [1.82, 2.24) is 24.9 Å². The minimum Gasteiger partial charge on any atom is -0.324 e. The molecule has 0 aliphatic heterocycles. The summed E-state index contributed by atoms with van der Waals surface area (Å²) in [6.45, 7) is 1.95. The van der Waals surface area contributed by atoms with Gasteiger partial charge in [0.2, 0.25) is 0 Å². The summed E-state index contributed by atoms with van der Waals surface area (Å²) < 4.78 is 0.986. The first-order valence-electron chi connectivity index (χ1n) is 7.02. The summed E-state index contributed by atoms with van der Waals surface area (Å²) in [6, 6.07) is 9.59. The number of nitrogens with one attached hydrogen (secondary N) is 1. The number of rotatable bonds is 3. The topological polar surface area (TPSA) is 76.5 Å². The largest absolute Gasteiger partial charge is 0.324 e. The van der Waals surface area contributed by atoms with Crippen molar-refractivity contribution in [3.63, 3.8) is 0 Å².